The predicted octanol–water partition coefficient (Wildman–Crippen LogP) is 4.91. The van der Waals surface area contributed by atoms with E-state index in [1.807, 2.05) is 42.0 Å². The Labute approximate surface area is 240 Å². The van der Waals surface area contributed by atoms with E-state index in [0.29, 0.717) is 54.2 Å². The third-order valence-corrected chi connectivity index (χ3v) is 8.39. The Morgan fingerprint density at radius 1 is 1.12 bits per heavy atom. The molecule has 5 rings (SSSR count). The number of nitrogens with one attached hydrogen (secondary N) is 1. The SMILES string of the molecule is CC(CCCN1CCOP(COC(C)Cn2cnc3c(N)ncnc32)OCC1)Nc1ccnc2cc(Cl)ccc12. The van der Waals surface area contributed by atoms with Crippen LogP contribution in [0.25, 0.3) is 22.1 Å². The molecule has 0 bridgehead atoms. The summed E-state index contributed by atoms with van der Waals surface area (Å²) in [6, 6.07) is 8.18. The monoisotopic (exact) mass is 586 g/mol. The summed E-state index contributed by atoms with van der Waals surface area (Å²) in [5.41, 5.74) is 9.18. The molecule has 1 fully saturated rings. The lowest BCUT2D eigenvalue weighted by Crippen LogP contribution is -2.34. The Morgan fingerprint density at radius 2 is 1.95 bits per heavy atom. The van der Waals surface area contributed by atoms with Gasteiger partial charge < -0.3 is 29.4 Å². The summed E-state index contributed by atoms with van der Waals surface area (Å²) < 4.78 is 20.0. The Hall–Kier alpha value is -2.66. The van der Waals surface area contributed by atoms with Crippen LogP contribution in [0.1, 0.15) is 26.7 Å². The minimum absolute atomic E-state index is 0.0660. The number of fused-ring (bicyclic) bond motifs is 2. The highest BCUT2D eigenvalue weighted by Gasteiger charge is 2.19. The third-order valence-electron chi connectivity index (χ3n) is 6.85. The fourth-order valence-corrected chi connectivity index (χ4v) is 6.08. The van der Waals surface area contributed by atoms with E-state index in [1.165, 1.54) is 6.33 Å². The van der Waals surface area contributed by atoms with Gasteiger partial charge in [-0.25, -0.2) is 15.0 Å². The van der Waals surface area contributed by atoms with Gasteiger partial charge in [-0.15, -0.1) is 0 Å². The van der Waals surface area contributed by atoms with Crippen LogP contribution < -0.4 is 11.1 Å². The van der Waals surface area contributed by atoms with Gasteiger partial charge in [0, 0.05) is 41.4 Å². The molecule has 1 aliphatic heterocycles. The maximum Gasteiger partial charge on any atom is 0.198 e. The van der Waals surface area contributed by atoms with Gasteiger partial charge >= 0.3 is 0 Å². The summed E-state index contributed by atoms with van der Waals surface area (Å²) >= 11 is 6.12. The Morgan fingerprint density at radius 3 is 2.77 bits per heavy atom. The van der Waals surface area contributed by atoms with E-state index < -0.39 is 8.38 Å². The number of ether oxygens (including phenoxy) is 1. The van der Waals surface area contributed by atoms with Gasteiger partial charge in [0.05, 0.1) is 37.7 Å². The zero-order valence-electron chi connectivity index (χ0n) is 22.9. The van der Waals surface area contributed by atoms with Gasteiger partial charge in [0.25, 0.3) is 0 Å². The summed E-state index contributed by atoms with van der Waals surface area (Å²) in [5, 5.41) is 5.42. The van der Waals surface area contributed by atoms with Crippen molar-refractivity contribution in [1.82, 2.24) is 29.4 Å². The third kappa shape index (κ3) is 7.54. The van der Waals surface area contributed by atoms with E-state index in [4.69, 9.17) is 31.1 Å². The standard InChI is InChI=1S/C27H36ClN8O3P/c1-19(34-23-7-8-30-24-14-21(28)5-6-22(23)24)4-3-9-35-10-12-38-40(39-13-11-35)18-37-20(2)15-36-17-33-25-26(29)31-16-32-27(25)36/h5-8,14,16-17,19-20H,3-4,9-13,15,18H2,1-2H3,(H,30,34)(H2,29,31,32). The molecule has 2 unspecified atom stereocenters. The first-order valence-electron chi connectivity index (χ1n) is 13.6. The van der Waals surface area contributed by atoms with Crippen molar-refractivity contribution >= 4 is 53.5 Å². The Kier molecular flexibility index (Phi) is 9.96. The van der Waals surface area contributed by atoms with Crippen molar-refractivity contribution in [2.45, 2.75) is 45.4 Å². The lowest BCUT2D eigenvalue weighted by Gasteiger charge is -2.28. The van der Waals surface area contributed by atoms with Gasteiger partial charge in [0.1, 0.15) is 18.2 Å². The van der Waals surface area contributed by atoms with Crippen LogP contribution in [0.2, 0.25) is 5.02 Å². The Balaban J connectivity index is 0.997. The van der Waals surface area contributed by atoms with E-state index in [1.54, 1.807) is 6.33 Å². The van der Waals surface area contributed by atoms with Crippen molar-refractivity contribution in [2.24, 2.45) is 0 Å². The van der Waals surface area contributed by atoms with Crippen LogP contribution in [-0.4, -0.2) is 80.7 Å². The highest BCUT2D eigenvalue weighted by molar-refractivity contribution is 7.47. The summed E-state index contributed by atoms with van der Waals surface area (Å²) in [6.07, 6.45) is 7.48. The second-order valence-electron chi connectivity index (χ2n) is 9.98. The number of nitrogens with two attached hydrogens (primary N) is 1. The van der Waals surface area contributed by atoms with Crippen molar-refractivity contribution in [3.05, 3.63) is 48.1 Å². The normalized spacial score (nSPS) is 17.1. The molecule has 13 heteroatoms. The average Bonchev–Trinajstić information content (AvgIpc) is 3.33. The summed E-state index contributed by atoms with van der Waals surface area (Å²) in [6.45, 7) is 8.87. The molecular formula is C27H36ClN8O3P. The lowest BCUT2D eigenvalue weighted by atomic mass is 10.1. The van der Waals surface area contributed by atoms with Crippen molar-refractivity contribution in [3.8, 4) is 0 Å². The number of imidazole rings is 1. The molecule has 1 saturated heterocycles. The molecule has 214 valence electrons. The quantitative estimate of drug-likeness (QED) is 0.234. The van der Waals surface area contributed by atoms with Gasteiger partial charge in [-0.1, -0.05) is 11.6 Å². The van der Waals surface area contributed by atoms with Crippen LogP contribution in [-0.2, 0) is 20.3 Å². The number of hydrogen-bond acceptors (Lipinski definition) is 10. The molecule has 3 N–H and O–H groups in total. The number of halogens is 1. The van der Waals surface area contributed by atoms with E-state index in [-0.39, 0.29) is 6.10 Å². The van der Waals surface area contributed by atoms with E-state index in [0.717, 1.165) is 49.1 Å². The zero-order chi connectivity index (χ0) is 27.9. The second-order valence-corrected chi connectivity index (χ2v) is 11.9. The maximum absolute atomic E-state index is 6.12. The molecule has 0 spiro atoms. The lowest BCUT2D eigenvalue weighted by molar-refractivity contribution is 0.0673. The molecule has 4 heterocycles. The molecule has 4 aromatic rings. The number of hydrogen-bond donors (Lipinski definition) is 2. The van der Waals surface area contributed by atoms with Crippen LogP contribution in [0.15, 0.2) is 43.1 Å². The highest BCUT2D eigenvalue weighted by Crippen LogP contribution is 2.39. The number of benzene rings is 1. The number of nitrogen functional groups attached to an aromatic ring is 1. The molecule has 0 saturated carbocycles. The van der Waals surface area contributed by atoms with Gasteiger partial charge in [-0.2, -0.15) is 0 Å². The second kappa shape index (κ2) is 13.8. The van der Waals surface area contributed by atoms with E-state index in [2.05, 4.69) is 37.1 Å². The minimum atomic E-state index is -1.08. The average molecular weight is 587 g/mol. The molecule has 0 radical (unpaired) electrons. The van der Waals surface area contributed by atoms with Crippen molar-refractivity contribution < 1.29 is 13.8 Å². The van der Waals surface area contributed by atoms with Gasteiger partial charge in [0.15, 0.2) is 19.8 Å². The number of rotatable bonds is 11. The van der Waals surface area contributed by atoms with Gasteiger partial charge in [-0.05, 0) is 57.5 Å². The molecular weight excluding hydrogens is 551 g/mol. The van der Waals surface area contributed by atoms with E-state index >= 15 is 0 Å². The van der Waals surface area contributed by atoms with Crippen LogP contribution in [0.3, 0.4) is 0 Å². The van der Waals surface area contributed by atoms with Crippen LogP contribution in [0.5, 0.6) is 0 Å². The number of nitrogens with zero attached hydrogens (tertiary/aromatic N) is 6. The summed E-state index contributed by atoms with van der Waals surface area (Å²) in [5.74, 6) is 0.377. The minimum Gasteiger partial charge on any atom is -0.382 e. The number of anilines is 2. The van der Waals surface area contributed by atoms with E-state index in [9.17, 15) is 0 Å². The molecule has 3 aromatic heterocycles. The van der Waals surface area contributed by atoms with Crippen molar-refractivity contribution in [2.75, 3.05) is 50.2 Å². The van der Waals surface area contributed by atoms with Crippen LogP contribution in [0, 0.1) is 0 Å². The van der Waals surface area contributed by atoms with Gasteiger partial charge in [-0.3, -0.25) is 9.88 Å². The Bertz CT molecular complexity index is 1400. The first-order valence-corrected chi connectivity index (χ1v) is 15.3. The summed E-state index contributed by atoms with van der Waals surface area (Å²) in [7, 11) is -1.08. The molecule has 2 atom stereocenters. The topological polar surface area (TPSA) is 125 Å². The molecule has 1 aromatic carbocycles. The smallest absolute Gasteiger partial charge is 0.198 e. The van der Waals surface area contributed by atoms with Crippen LogP contribution >= 0.6 is 20.0 Å². The highest BCUT2D eigenvalue weighted by atomic mass is 35.5. The number of pyridine rings is 1. The fourth-order valence-electron chi connectivity index (χ4n) is 4.75. The molecule has 0 aliphatic carbocycles. The first-order chi connectivity index (χ1) is 19.5. The maximum atomic E-state index is 6.12. The van der Waals surface area contributed by atoms with Crippen molar-refractivity contribution in [1.29, 1.82) is 0 Å². The fraction of sp³-hybridized carbons (Fsp3) is 0.481. The van der Waals surface area contributed by atoms with Gasteiger partial charge in [0.2, 0.25) is 0 Å². The zero-order valence-corrected chi connectivity index (χ0v) is 24.5. The van der Waals surface area contributed by atoms with Crippen molar-refractivity contribution in [3.63, 3.8) is 0 Å². The molecule has 1 aliphatic rings. The molecule has 11 nitrogen and oxygen atoms in total. The molecule has 0 amide bonds. The number of aromatic nitrogens is 5. The van der Waals surface area contributed by atoms with Crippen LogP contribution in [0.4, 0.5) is 11.5 Å². The predicted molar refractivity (Wildman–Crippen MR) is 159 cm³/mol. The largest absolute Gasteiger partial charge is 0.382 e. The molecule has 40 heavy (non-hydrogen) atoms. The first kappa shape index (κ1) is 28.9. The summed E-state index contributed by atoms with van der Waals surface area (Å²) in [4.78, 5) is 19.4.